The van der Waals surface area contributed by atoms with Crippen molar-refractivity contribution in [2.24, 2.45) is 5.92 Å². The lowest BCUT2D eigenvalue weighted by molar-refractivity contribution is -0.707. The molecular weight excluding hydrogens is 298 g/mol. The predicted octanol–water partition coefficient (Wildman–Crippen LogP) is 3.94. The Kier molecular flexibility index (Phi) is 7.13. The molecule has 3 heteroatoms. The van der Waals surface area contributed by atoms with Crippen LogP contribution in [-0.4, -0.2) is 13.2 Å². The molecule has 0 unspecified atom stereocenters. The second kappa shape index (κ2) is 9.33. The van der Waals surface area contributed by atoms with Crippen molar-refractivity contribution in [1.29, 1.82) is 0 Å². The zero-order valence-electron chi connectivity index (χ0n) is 15.3. The molecule has 0 aromatic heterocycles. The van der Waals surface area contributed by atoms with Crippen LogP contribution in [0.5, 0.6) is 11.5 Å². The smallest absolute Gasteiger partial charge is 0.161 e. The van der Waals surface area contributed by atoms with Crippen molar-refractivity contribution in [1.82, 2.24) is 0 Å². The minimum atomic E-state index is 0.429. The molecule has 0 bridgehead atoms. The molecule has 0 saturated carbocycles. The maximum absolute atomic E-state index is 5.87. The van der Waals surface area contributed by atoms with Gasteiger partial charge in [-0.3, -0.25) is 0 Å². The zero-order valence-corrected chi connectivity index (χ0v) is 15.3. The van der Waals surface area contributed by atoms with Crippen LogP contribution in [0.3, 0.4) is 0 Å². The Morgan fingerprint density at radius 2 is 1.67 bits per heavy atom. The normalized spacial score (nSPS) is 12.2. The van der Waals surface area contributed by atoms with Crippen LogP contribution in [0.4, 0.5) is 0 Å². The van der Waals surface area contributed by atoms with Crippen molar-refractivity contribution in [2.45, 2.75) is 40.3 Å². The molecule has 130 valence electrons. The number of quaternary nitrogens is 1. The summed E-state index contributed by atoms with van der Waals surface area (Å²) in [5.74, 6) is 2.18. The maximum atomic E-state index is 5.87. The van der Waals surface area contributed by atoms with E-state index in [0.29, 0.717) is 25.2 Å². The summed E-state index contributed by atoms with van der Waals surface area (Å²) in [6.45, 7) is 10.8. The van der Waals surface area contributed by atoms with Crippen LogP contribution in [-0.2, 0) is 6.54 Å². The summed E-state index contributed by atoms with van der Waals surface area (Å²) in [5.41, 5.74) is 2.59. The lowest BCUT2D eigenvalue weighted by Crippen LogP contribution is -2.83. The van der Waals surface area contributed by atoms with E-state index in [1.807, 2.05) is 13.0 Å². The van der Waals surface area contributed by atoms with Crippen molar-refractivity contribution in [3.05, 3.63) is 59.7 Å². The number of hydrogen-bond acceptors (Lipinski definition) is 2. The van der Waals surface area contributed by atoms with E-state index < -0.39 is 0 Å². The summed E-state index contributed by atoms with van der Waals surface area (Å²) in [4.78, 5) is 0. The molecule has 2 rings (SSSR count). The minimum Gasteiger partial charge on any atom is -0.490 e. The topological polar surface area (TPSA) is 35.1 Å². The molecule has 2 aromatic carbocycles. The number of nitrogens with two attached hydrogens (primary N) is 1. The van der Waals surface area contributed by atoms with Gasteiger partial charge in [0.1, 0.15) is 12.6 Å². The van der Waals surface area contributed by atoms with Crippen molar-refractivity contribution >= 4 is 0 Å². The fourth-order valence-corrected chi connectivity index (χ4v) is 2.53. The molecule has 0 radical (unpaired) electrons. The van der Waals surface area contributed by atoms with Crippen LogP contribution in [0.2, 0.25) is 0 Å². The van der Waals surface area contributed by atoms with Gasteiger partial charge in [-0.25, -0.2) is 0 Å². The first-order valence-corrected chi connectivity index (χ1v) is 8.87. The molecule has 0 aliphatic rings. The first-order chi connectivity index (χ1) is 11.6. The van der Waals surface area contributed by atoms with Gasteiger partial charge in [-0.2, -0.15) is 0 Å². The highest BCUT2D eigenvalue weighted by atomic mass is 16.5. The molecule has 0 amide bonds. The van der Waals surface area contributed by atoms with Crippen LogP contribution in [0.1, 0.15) is 44.9 Å². The highest BCUT2D eigenvalue weighted by Gasteiger charge is 2.11. The first kappa shape index (κ1) is 18.3. The lowest BCUT2D eigenvalue weighted by Gasteiger charge is -2.15. The van der Waals surface area contributed by atoms with Gasteiger partial charge in [0.25, 0.3) is 0 Å². The Labute approximate surface area is 146 Å². The Balaban J connectivity index is 2.01. The number of hydrogen-bond donors (Lipinski definition) is 1. The van der Waals surface area contributed by atoms with Crippen LogP contribution in [0, 0.1) is 5.92 Å². The second-order valence-electron chi connectivity index (χ2n) is 6.56. The van der Waals surface area contributed by atoms with Gasteiger partial charge in [0.15, 0.2) is 11.5 Å². The Bertz CT molecular complexity index is 610. The van der Waals surface area contributed by atoms with Gasteiger partial charge >= 0.3 is 0 Å². The van der Waals surface area contributed by atoms with E-state index in [1.54, 1.807) is 0 Å². The summed E-state index contributed by atoms with van der Waals surface area (Å²) in [6, 6.07) is 17.3. The van der Waals surface area contributed by atoms with Crippen LogP contribution in [0.15, 0.2) is 48.5 Å². The molecule has 2 aromatic rings. The summed E-state index contributed by atoms with van der Waals surface area (Å²) < 4.78 is 11.6. The van der Waals surface area contributed by atoms with Gasteiger partial charge < -0.3 is 14.8 Å². The Morgan fingerprint density at radius 1 is 0.917 bits per heavy atom. The summed E-state index contributed by atoms with van der Waals surface area (Å²) in [6.07, 6.45) is 0. The number of ether oxygens (including phenoxy) is 2. The van der Waals surface area contributed by atoms with E-state index in [9.17, 15) is 0 Å². The molecule has 3 nitrogen and oxygen atoms in total. The van der Waals surface area contributed by atoms with E-state index in [1.165, 1.54) is 11.1 Å². The quantitative estimate of drug-likeness (QED) is 0.756. The highest BCUT2D eigenvalue weighted by molar-refractivity contribution is 5.42. The summed E-state index contributed by atoms with van der Waals surface area (Å²) >= 11 is 0. The zero-order chi connectivity index (χ0) is 17.4. The average Bonchev–Trinajstić information content (AvgIpc) is 2.59. The summed E-state index contributed by atoms with van der Waals surface area (Å²) in [5, 5.41) is 2.34. The van der Waals surface area contributed by atoms with Gasteiger partial charge in [0.2, 0.25) is 0 Å². The molecule has 0 saturated heterocycles. The molecule has 2 N–H and O–H groups in total. The van der Waals surface area contributed by atoms with Gasteiger partial charge in [-0.05, 0) is 38.0 Å². The molecule has 0 aliphatic carbocycles. The molecular formula is C21H30NO2+. The number of rotatable bonds is 9. The van der Waals surface area contributed by atoms with Crippen molar-refractivity contribution in [3.8, 4) is 11.5 Å². The minimum absolute atomic E-state index is 0.429. The van der Waals surface area contributed by atoms with Gasteiger partial charge in [0.05, 0.1) is 13.2 Å². The van der Waals surface area contributed by atoms with Gasteiger partial charge in [-0.15, -0.1) is 0 Å². The molecule has 1 atom stereocenters. The molecule has 0 fully saturated rings. The molecule has 0 aliphatic heterocycles. The number of benzene rings is 2. The van der Waals surface area contributed by atoms with Crippen molar-refractivity contribution in [2.75, 3.05) is 13.2 Å². The third-order valence-electron chi connectivity index (χ3n) is 3.91. The standard InChI is InChI=1S/C21H29NO2/c1-5-23-21-13-18(11-12-20(21)24-15-16(2)3)14-22-17(4)19-9-7-6-8-10-19/h6-13,16-17,22H,5,14-15H2,1-4H3/p+1/t17-/m1/s1. The van der Waals surface area contributed by atoms with E-state index in [2.05, 4.69) is 68.6 Å². The lowest BCUT2D eigenvalue weighted by atomic mass is 10.1. The molecule has 0 spiro atoms. The van der Waals surface area contributed by atoms with Crippen molar-refractivity contribution < 1.29 is 14.8 Å². The highest BCUT2D eigenvalue weighted by Crippen LogP contribution is 2.28. The SMILES string of the molecule is CCOc1cc(C[NH2+][C@H](C)c2ccccc2)ccc1OCC(C)C. The maximum Gasteiger partial charge on any atom is 0.161 e. The monoisotopic (exact) mass is 328 g/mol. The van der Waals surface area contributed by atoms with E-state index in [0.717, 1.165) is 18.0 Å². The van der Waals surface area contributed by atoms with Crippen LogP contribution >= 0.6 is 0 Å². The second-order valence-corrected chi connectivity index (χ2v) is 6.56. The van der Waals surface area contributed by atoms with E-state index in [-0.39, 0.29) is 0 Å². The van der Waals surface area contributed by atoms with Crippen LogP contribution < -0.4 is 14.8 Å². The van der Waals surface area contributed by atoms with Gasteiger partial charge in [0, 0.05) is 11.1 Å². The van der Waals surface area contributed by atoms with Crippen LogP contribution in [0.25, 0.3) is 0 Å². The fourth-order valence-electron chi connectivity index (χ4n) is 2.53. The third kappa shape index (κ3) is 5.57. The van der Waals surface area contributed by atoms with Gasteiger partial charge in [-0.1, -0.05) is 44.2 Å². The Morgan fingerprint density at radius 3 is 2.33 bits per heavy atom. The van der Waals surface area contributed by atoms with E-state index >= 15 is 0 Å². The first-order valence-electron chi connectivity index (χ1n) is 8.87. The largest absolute Gasteiger partial charge is 0.490 e. The molecule has 0 heterocycles. The Hall–Kier alpha value is -2.00. The van der Waals surface area contributed by atoms with E-state index in [4.69, 9.17) is 9.47 Å². The molecule has 24 heavy (non-hydrogen) atoms. The summed E-state index contributed by atoms with van der Waals surface area (Å²) in [7, 11) is 0. The fraction of sp³-hybridized carbons (Fsp3) is 0.429. The average molecular weight is 328 g/mol. The van der Waals surface area contributed by atoms with Crippen molar-refractivity contribution in [3.63, 3.8) is 0 Å². The predicted molar refractivity (Wildman–Crippen MR) is 98.4 cm³/mol. The third-order valence-corrected chi connectivity index (χ3v) is 3.91.